The molecule has 0 radical (unpaired) electrons. The van der Waals surface area contributed by atoms with Crippen LogP contribution >= 0.6 is 36.2 Å². The summed E-state index contributed by atoms with van der Waals surface area (Å²) in [5.74, 6) is 1.31. The second-order valence-corrected chi connectivity index (χ2v) is 5.97. The summed E-state index contributed by atoms with van der Waals surface area (Å²) in [4.78, 5) is 16.5. The molecule has 0 spiro atoms. The van der Waals surface area contributed by atoms with Crippen molar-refractivity contribution in [3.8, 4) is 22.1 Å². The van der Waals surface area contributed by atoms with Gasteiger partial charge in [-0.1, -0.05) is 6.92 Å². The summed E-state index contributed by atoms with van der Waals surface area (Å²) < 4.78 is 10.7. The minimum Gasteiger partial charge on any atom is -0.454 e. The van der Waals surface area contributed by atoms with Gasteiger partial charge in [-0.15, -0.1) is 36.2 Å². The van der Waals surface area contributed by atoms with Crippen LogP contribution in [0.15, 0.2) is 23.6 Å². The smallest absolute Gasteiger partial charge is 0.270 e. The van der Waals surface area contributed by atoms with Crippen LogP contribution in [0.4, 0.5) is 0 Å². The first kappa shape index (κ1) is 21.5. The molecule has 0 saturated heterocycles. The summed E-state index contributed by atoms with van der Waals surface area (Å²) in [7, 11) is 0. The SMILES string of the molecule is CCCNCCNC(=O)c1csc(-c2ccc3c(c2)OCO3)n1.Cl.Cl. The number of nitrogens with zero attached hydrogens (tertiary/aromatic N) is 1. The van der Waals surface area contributed by atoms with Crippen molar-refractivity contribution < 1.29 is 14.3 Å². The first-order valence-electron chi connectivity index (χ1n) is 7.62. The predicted octanol–water partition coefficient (Wildman–Crippen LogP) is 3.11. The maximum Gasteiger partial charge on any atom is 0.270 e. The van der Waals surface area contributed by atoms with Gasteiger partial charge in [0.05, 0.1) is 0 Å². The number of thiazole rings is 1. The number of hydrogen-bond acceptors (Lipinski definition) is 6. The van der Waals surface area contributed by atoms with Crippen molar-refractivity contribution >= 4 is 42.1 Å². The van der Waals surface area contributed by atoms with E-state index in [9.17, 15) is 4.79 Å². The van der Waals surface area contributed by atoms with Crippen LogP contribution in [-0.2, 0) is 0 Å². The molecule has 0 bridgehead atoms. The second-order valence-electron chi connectivity index (χ2n) is 5.11. The van der Waals surface area contributed by atoms with Crippen LogP contribution in [0.25, 0.3) is 10.6 Å². The Labute approximate surface area is 163 Å². The molecule has 0 fully saturated rings. The predicted molar refractivity (Wildman–Crippen MR) is 104 cm³/mol. The van der Waals surface area contributed by atoms with Gasteiger partial charge in [0.1, 0.15) is 10.7 Å². The van der Waals surface area contributed by atoms with Gasteiger partial charge in [0.15, 0.2) is 11.5 Å². The highest BCUT2D eigenvalue weighted by atomic mass is 35.5. The summed E-state index contributed by atoms with van der Waals surface area (Å²) in [5, 5.41) is 8.66. The van der Waals surface area contributed by atoms with Crippen LogP contribution in [0.2, 0.25) is 0 Å². The molecule has 6 nitrogen and oxygen atoms in total. The number of amides is 1. The van der Waals surface area contributed by atoms with E-state index in [0.717, 1.165) is 35.8 Å². The Hall–Kier alpha value is -1.54. The number of nitrogens with one attached hydrogen (secondary N) is 2. The molecule has 2 aromatic rings. The van der Waals surface area contributed by atoms with Crippen molar-refractivity contribution in [2.75, 3.05) is 26.4 Å². The highest BCUT2D eigenvalue weighted by Crippen LogP contribution is 2.36. The van der Waals surface area contributed by atoms with E-state index in [2.05, 4.69) is 22.5 Å². The lowest BCUT2D eigenvalue weighted by molar-refractivity contribution is 0.0949. The van der Waals surface area contributed by atoms with Crippen LogP contribution in [0.1, 0.15) is 23.8 Å². The normalized spacial score (nSPS) is 11.4. The number of halogens is 2. The number of carbonyl (C=O) groups excluding carboxylic acids is 1. The molecule has 9 heteroatoms. The highest BCUT2D eigenvalue weighted by molar-refractivity contribution is 7.13. The third-order valence-electron chi connectivity index (χ3n) is 3.37. The number of benzene rings is 1. The van der Waals surface area contributed by atoms with Crippen molar-refractivity contribution in [1.29, 1.82) is 0 Å². The van der Waals surface area contributed by atoms with E-state index in [0.29, 0.717) is 18.0 Å². The van der Waals surface area contributed by atoms with Crippen molar-refractivity contribution in [2.24, 2.45) is 0 Å². The number of carbonyl (C=O) groups is 1. The van der Waals surface area contributed by atoms with Crippen LogP contribution < -0.4 is 20.1 Å². The molecule has 25 heavy (non-hydrogen) atoms. The van der Waals surface area contributed by atoms with Crippen LogP contribution in [0, 0.1) is 0 Å². The molecular formula is C16H21Cl2N3O3S. The van der Waals surface area contributed by atoms with E-state index in [-0.39, 0.29) is 37.5 Å². The number of aromatic nitrogens is 1. The lowest BCUT2D eigenvalue weighted by Crippen LogP contribution is -2.32. The molecule has 1 aliphatic heterocycles. The fourth-order valence-electron chi connectivity index (χ4n) is 2.20. The van der Waals surface area contributed by atoms with Gasteiger partial charge in [0.25, 0.3) is 5.91 Å². The van der Waals surface area contributed by atoms with Gasteiger partial charge in [-0.25, -0.2) is 4.98 Å². The Morgan fingerprint density at radius 3 is 2.80 bits per heavy atom. The van der Waals surface area contributed by atoms with Gasteiger partial charge in [-0.05, 0) is 31.2 Å². The van der Waals surface area contributed by atoms with Gasteiger partial charge in [0.2, 0.25) is 6.79 Å². The molecule has 0 saturated carbocycles. The lowest BCUT2D eigenvalue weighted by atomic mass is 10.2. The van der Waals surface area contributed by atoms with Gasteiger partial charge in [0, 0.05) is 24.0 Å². The van der Waals surface area contributed by atoms with Crippen molar-refractivity contribution in [3.05, 3.63) is 29.3 Å². The topological polar surface area (TPSA) is 72.5 Å². The minimum atomic E-state index is -0.147. The molecule has 1 amide bonds. The van der Waals surface area contributed by atoms with E-state index < -0.39 is 0 Å². The largest absolute Gasteiger partial charge is 0.454 e. The molecular weight excluding hydrogens is 385 g/mol. The van der Waals surface area contributed by atoms with E-state index >= 15 is 0 Å². The van der Waals surface area contributed by atoms with Crippen molar-refractivity contribution in [1.82, 2.24) is 15.6 Å². The first-order valence-corrected chi connectivity index (χ1v) is 8.50. The maximum absolute atomic E-state index is 12.1. The van der Waals surface area contributed by atoms with Gasteiger partial charge < -0.3 is 20.1 Å². The Morgan fingerprint density at radius 1 is 1.20 bits per heavy atom. The molecule has 3 rings (SSSR count). The Bertz CT molecular complexity index is 697. The average molecular weight is 406 g/mol. The second kappa shape index (κ2) is 10.5. The molecule has 2 N–H and O–H groups in total. The van der Waals surface area contributed by atoms with Gasteiger partial charge in [-0.2, -0.15) is 0 Å². The molecule has 0 aliphatic carbocycles. The van der Waals surface area contributed by atoms with E-state index in [4.69, 9.17) is 9.47 Å². The van der Waals surface area contributed by atoms with Gasteiger partial charge in [-0.3, -0.25) is 4.79 Å². The zero-order chi connectivity index (χ0) is 16.1. The van der Waals surface area contributed by atoms with Crippen LogP contribution in [-0.4, -0.2) is 37.3 Å². The molecule has 1 aliphatic rings. The Balaban J connectivity index is 0.00000156. The molecule has 0 atom stereocenters. The fraction of sp³-hybridized carbons (Fsp3) is 0.375. The van der Waals surface area contributed by atoms with Crippen molar-refractivity contribution in [2.45, 2.75) is 13.3 Å². The standard InChI is InChI=1S/C16H19N3O3S.2ClH/c1-2-5-17-6-7-18-15(20)12-9-23-16(19-12)11-3-4-13-14(8-11)22-10-21-13;;/h3-4,8-9,17H,2,5-7,10H2,1H3,(H,18,20);2*1H. The summed E-state index contributed by atoms with van der Waals surface area (Å²) in [6.07, 6.45) is 1.08. The highest BCUT2D eigenvalue weighted by Gasteiger charge is 2.16. The number of fused-ring (bicyclic) bond motifs is 1. The lowest BCUT2D eigenvalue weighted by Gasteiger charge is -2.04. The third-order valence-corrected chi connectivity index (χ3v) is 4.26. The van der Waals surface area contributed by atoms with E-state index in [1.807, 2.05) is 18.2 Å². The summed E-state index contributed by atoms with van der Waals surface area (Å²) in [6, 6.07) is 5.67. The van der Waals surface area contributed by atoms with Crippen molar-refractivity contribution in [3.63, 3.8) is 0 Å². The van der Waals surface area contributed by atoms with Gasteiger partial charge >= 0.3 is 0 Å². The van der Waals surface area contributed by atoms with Crippen LogP contribution in [0.5, 0.6) is 11.5 Å². The fourth-order valence-corrected chi connectivity index (χ4v) is 2.99. The minimum absolute atomic E-state index is 0. The number of rotatable bonds is 7. The molecule has 138 valence electrons. The summed E-state index contributed by atoms with van der Waals surface area (Å²) in [6.45, 7) is 4.67. The quantitative estimate of drug-likeness (QED) is 0.692. The van der Waals surface area contributed by atoms with Crippen LogP contribution in [0.3, 0.4) is 0 Å². The average Bonchev–Trinajstić information content (AvgIpc) is 3.22. The Kier molecular flexibility index (Phi) is 8.99. The van der Waals surface area contributed by atoms with E-state index in [1.165, 1.54) is 11.3 Å². The zero-order valence-electron chi connectivity index (χ0n) is 13.7. The molecule has 2 heterocycles. The zero-order valence-corrected chi connectivity index (χ0v) is 16.2. The number of ether oxygens (including phenoxy) is 2. The summed E-state index contributed by atoms with van der Waals surface area (Å²) >= 11 is 1.44. The maximum atomic E-state index is 12.1. The third kappa shape index (κ3) is 5.47. The Morgan fingerprint density at radius 2 is 2.00 bits per heavy atom. The monoisotopic (exact) mass is 405 g/mol. The molecule has 1 aromatic heterocycles. The molecule has 0 unspecified atom stereocenters. The van der Waals surface area contributed by atoms with E-state index in [1.54, 1.807) is 5.38 Å². The molecule has 1 aromatic carbocycles. The summed E-state index contributed by atoms with van der Waals surface area (Å²) in [5.41, 5.74) is 1.36. The number of hydrogen-bond donors (Lipinski definition) is 2. The first-order chi connectivity index (χ1) is 11.3.